The molecule has 110 valence electrons. The summed E-state index contributed by atoms with van der Waals surface area (Å²) in [6, 6.07) is 2.20. The second-order valence-corrected chi connectivity index (χ2v) is 6.50. The molecular formula is C17H22F2O. The smallest absolute Gasteiger partial charge is 0.172 e. The van der Waals surface area contributed by atoms with Gasteiger partial charge in [-0.1, -0.05) is 26.7 Å². The van der Waals surface area contributed by atoms with Crippen LogP contribution in [0.15, 0.2) is 12.1 Å². The third-order valence-corrected chi connectivity index (χ3v) is 4.33. The van der Waals surface area contributed by atoms with Crippen molar-refractivity contribution in [2.45, 2.75) is 52.9 Å². The Bertz CT molecular complexity index is 514. The van der Waals surface area contributed by atoms with Gasteiger partial charge in [0, 0.05) is 5.41 Å². The Labute approximate surface area is 119 Å². The van der Waals surface area contributed by atoms with E-state index in [9.17, 15) is 13.6 Å². The van der Waals surface area contributed by atoms with Crippen LogP contribution in [0, 0.1) is 29.9 Å². The number of halogens is 2. The fourth-order valence-electron chi connectivity index (χ4n) is 3.46. The molecule has 1 aromatic carbocycles. The largest absolute Gasteiger partial charge is 0.293 e. The normalized spacial score (nSPS) is 17.7. The Kier molecular flexibility index (Phi) is 4.26. The summed E-state index contributed by atoms with van der Waals surface area (Å²) in [6.07, 6.45) is 4.32. The van der Waals surface area contributed by atoms with Crippen LogP contribution < -0.4 is 0 Å². The zero-order valence-electron chi connectivity index (χ0n) is 12.4. The maximum atomic E-state index is 14.1. The Morgan fingerprint density at radius 1 is 1.20 bits per heavy atom. The van der Waals surface area contributed by atoms with Gasteiger partial charge in [-0.3, -0.25) is 4.79 Å². The molecule has 0 atom stereocenters. The van der Waals surface area contributed by atoms with Crippen LogP contribution in [0.5, 0.6) is 0 Å². The minimum atomic E-state index is -0.594. The van der Waals surface area contributed by atoms with Crippen molar-refractivity contribution in [3.05, 3.63) is 34.9 Å². The lowest BCUT2D eigenvalue weighted by Crippen LogP contribution is -2.30. The molecule has 0 amide bonds. The first-order chi connectivity index (χ1) is 9.35. The molecule has 1 aliphatic carbocycles. The number of carbonyl (C=O) groups is 1. The van der Waals surface area contributed by atoms with E-state index in [1.54, 1.807) is 0 Å². The highest BCUT2D eigenvalue weighted by molar-refractivity contribution is 6.01. The number of hydrogen-bond acceptors (Lipinski definition) is 1. The number of Topliss-reactive ketones (excluding diaryl/α,β-unsaturated/α-hetero) is 1. The number of benzene rings is 1. The van der Waals surface area contributed by atoms with E-state index in [2.05, 4.69) is 13.8 Å². The van der Waals surface area contributed by atoms with E-state index in [1.165, 1.54) is 6.92 Å². The van der Waals surface area contributed by atoms with Gasteiger partial charge in [-0.05, 0) is 49.8 Å². The van der Waals surface area contributed by atoms with E-state index in [-0.39, 0.29) is 16.9 Å². The molecule has 1 aromatic rings. The molecule has 0 saturated heterocycles. The van der Waals surface area contributed by atoms with Crippen LogP contribution in [0.25, 0.3) is 0 Å². The average molecular weight is 280 g/mol. The predicted molar refractivity (Wildman–Crippen MR) is 75.8 cm³/mol. The lowest BCUT2D eigenvalue weighted by molar-refractivity contribution is 0.0754. The van der Waals surface area contributed by atoms with Crippen molar-refractivity contribution < 1.29 is 13.6 Å². The molecule has 0 aliphatic heterocycles. The van der Waals surface area contributed by atoms with E-state index in [1.807, 2.05) is 0 Å². The summed E-state index contributed by atoms with van der Waals surface area (Å²) < 4.78 is 27.7. The van der Waals surface area contributed by atoms with E-state index in [0.717, 1.165) is 44.2 Å². The van der Waals surface area contributed by atoms with E-state index >= 15 is 0 Å². The quantitative estimate of drug-likeness (QED) is 0.704. The first-order valence-corrected chi connectivity index (χ1v) is 7.36. The lowest BCUT2D eigenvalue weighted by atomic mass is 9.73. The molecule has 0 spiro atoms. The van der Waals surface area contributed by atoms with E-state index in [0.29, 0.717) is 5.92 Å². The zero-order valence-corrected chi connectivity index (χ0v) is 12.4. The number of ketones is 1. The third kappa shape index (κ3) is 2.77. The van der Waals surface area contributed by atoms with Crippen molar-refractivity contribution in [1.82, 2.24) is 0 Å². The predicted octanol–water partition coefficient (Wildman–Crippen LogP) is 5.06. The van der Waals surface area contributed by atoms with Gasteiger partial charge in [0.15, 0.2) is 5.78 Å². The van der Waals surface area contributed by atoms with Gasteiger partial charge in [0.2, 0.25) is 0 Å². The van der Waals surface area contributed by atoms with Crippen molar-refractivity contribution in [2.75, 3.05) is 0 Å². The maximum Gasteiger partial charge on any atom is 0.172 e. The van der Waals surface area contributed by atoms with Gasteiger partial charge in [-0.25, -0.2) is 8.78 Å². The fourth-order valence-corrected chi connectivity index (χ4v) is 3.46. The number of hydrogen-bond donors (Lipinski definition) is 0. The molecule has 1 aliphatic rings. The molecular weight excluding hydrogens is 258 g/mol. The van der Waals surface area contributed by atoms with Crippen molar-refractivity contribution >= 4 is 5.78 Å². The molecule has 0 bridgehead atoms. The van der Waals surface area contributed by atoms with Crippen LogP contribution in [-0.4, -0.2) is 5.78 Å². The molecule has 20 heavy (non-hydrogen) atoms. The van der Waals surface area contributed by atoms with Crippen LogP contribution in [-0.2, 0) is 0 Å². The third-order valence-electron chi connectivity index (χ3n) is 4.33. The molecule has 2 rings (SSSR count). The highest BCUT2D eigenvalue weighted by Gasteiger charge is 2.42. The molecule has 0 unspecified atom stereocenters. The summed E-state index contributed by atoms with van der Waals surface area (Å²) in [4.78, 5) is 12.8. The molecule has 1 saturated carbocycles. The van der Waals surface area contributed by atoms with Gasteiger partial charge < -0.3 is 0 Å². The summed E-state index contributed by atoms with van der Waals surface area (Å²) in [6.45, 7) is 5.64. The Balaban J connectivity index is 2.40. The second-order valence-electron chi connectivity index (χ2n) is 6.50. The van der Waals surface area contributed by atoms with Gasteiger partial charge in [-0.15, -0.1) is 0 Å². The first kappa shape index (κ1) is 15.1. The van der Waals surface area contributed by atoms with Crippen molar-refractivity contribution in [1.29, 1.82) is 0 Å². The van der Waals surface area contributed by atoms with Crippen LogP contribution in [0.4, 0.5) is 8.78 Å². The molecule has 1 fully saturated rings. The van der Waals surface area contributed by atoms with Gasteiger partial charge in [-0.2, -0.15) is 0 Å². The highest BCUT2D eigenvalue weighted by Crippen LogP contribution is 2.46. The van der Waals surface area contributed by atoms with Gasteiger partial charge in [0.25, 0.3) is 0 Å². The standard InChI is InChI=1S/C17H22F2O/c1-11(2)10-17(6-4-5-7-17)16(20)13-9-14(18)12(3)8-15(13)19/h8-9,11H,4-7,10H2,1-3H3. The fraction of sp³-hybridized carbons (Fsp3) is 0.588. The summed E-state index contributed by atoms with van der Waals surface area (Å²) in [5, 5.41) is 0. The lowest BCUT2D eigenvalue weighted by Gasteiger charge is -2.29. The van der Waals surface area contributed by atoms with Crippen molar-refractivity contribution in [2.24, 2.45) is 11.3 Å². The summed E-state index contributed by atoms with van der Waals surface area (Å²) >= 11 is 0. The molecule has 0 heterocycles. The van der Waals surface area contributed by atoms with E-state index < -0.39 is 17.0 Å². The summed E-state index contributed by atoms with van der Waals surface area (Å²) in [5.74, 6) is -0.938. The van der Waals surface area contributed by atoms with E-state index in [4.69, 9.17) is 0 Å². The molecule has 0 aromatic heterocycles. The Morgan fingerprint density at radius 2 is 1.80 bits per heavy atom. The Hall–Kier alpha value is -1.25. The monoisotopic (exact) mass is 280 g/mol. The molecule has 0 radical (unpaired) electrons. The Morgan fingerprint density at radius 3 is 2.35 bits per heavy atom. The summed E-state index contributed by atoms with van der Waals surface area (Å²) in [7, 11) is 0. The zero-order chi connectivity index (χ0) is 14.9. The first-order valence-electron chi connectivity index (χ1n) is 7.36. The van der Waals surface area contributed by atoms with Gasteiger partial charge >= 0.3 is 0 Å². The molecule has 1 nitrogen and oxygen atoms in total. The van der Waals surface area contributed by atoms with Crippen LogP contribution in [0.2, 0.25) is 0 Å². The van der Waals surface area contributed by atoms with Crippen molar-refractivity contribution in [3.63, 3.8) is 0 Å². The topological polar surface area (TPSA) is 17.1 Å². The average Bonchev–Trinajstić information content (AvgIpc) is 2.81. The highest BCUT2D eigenvalue weighted by atomic mass is 19.1. The second kappa shape index (κ2) is 5.63. The number of aryl methyl sites for hydroxylation is 1. The van der Waals surface area contributed by atoms with Gasteiger partial charge in [0.1, 0.15) is 11.6 Å². The number of rotatable bonds is 4. The SMILES string of the molecule is Cc1cc(F)c(C(=O)C2(CC(C)C)CCCC2)cc1F. The minimum absolute atomic E-state index is 0.0735. The van der Waals surface area contributed by atoms with Crippen LogP contribution >= 0.6 is 0 Å². The van der Waals surface area contributed by atoms with Crippen LogP contribution in [0.3, 0.4) is 0 Å². The van der Waals surface area contributed by atoms with Crippen molar-refractivity contribution in [3.8, 4) is 0 Å². The maximum absolute atomic E-state index is 14.1. The molecule has 3 heteroatoms. The van der Waals surface area contributed by atoms with Crippen LogP contribution in [0.1, 0.15) is 61.9 Å². The number of carbonyl (C=O) groups excluding carboxylic acids is 1. The van der Waals surface area contributed by atoms with Gasteiger partial charge in [0.05, 0.1) is 5.56 Å². The minimum Gasteiger partial charge on any atom is -0.293 e. The molecule has 0 N–H and O–H groups in total. The summed E-state index contributed by atoms with van der Waals surface area (Å²) in [5.41, 5.74) is -0.324.